The molecule has 0 unspecified atom stereocenters. The van der Waals surface area contributed by atoms with Crippen molar-refractivity contribution in [2.45, 2.75) is 6.92 Å². The van der Waals surface area contributed by atoms with Crippen molar-refractivity contribution in [3.05, 3.63) is 76.4 Å². The highest BCUT2D eigenvalue weighted by molar-refractivity contribution is 6.28. The maximum Gasteiger partial charge on any atom is 0.194 e. The van der Waals surface area contributed by atoms with E-state index in [0.717, 1.165) is 5.56 Å². The molecule has 0 N–H and O–H groups in total. The van der Waals surface area contributed by atoms with Crippen LogP contribution >= 0.6 is 0 Å². The van der Waals surface area contributed by atoms with E-state index in [4.69, 9.17) is 0 Å². The normalized spacial score (nSPS) is 12.6. The van der Waals surface area contributed by atoms with E-state index in [1.165, 1.54) is 13.0 Å². The van der Waals surface area contributed by atoms with Gasteiger partial charge in [-0.1, -0.05) is 24.8 Å². The molecule has 0 saturated carbocycles. The van der Waals surface area contributed by atoms with Crippen LogP contribution in [0.5, 0.6) is 0 Å². The maximum atomic E-state index is 12.5. The van der Waals surface area contributed by atoms with Crippen LogP contribution in [-0.4, -0.2) is 17.3 Å². The third-order valence-corrected chi connectivity index (χ3v) is 3.68. The molecule has 0 amide bonds. The van der Waals surface area contributed by atoms with Crippen LogP contribution in [0.1, 0.15) is 54.7 Å². The minimum absolute atomic E-state index is 0.133. The largest absolute Gasteiger partial charge is 0.295 e. The Kier molecular flexibility index (Phi) is 2.91. The van der Waals surface area contributed by atoms with Crippen LogP contribution in [0, 0.1) is 0 Å². The van der Waals surface area contributed by atoms with Gasteiger partial charge >= 0.3 is 0 Å². The average molecular weight is 276 g/mol. The minimum Gasteiger partial charge on any atom is -0.295 e. The average Bonchev–Trinajstić information content (AvgIpc) is 2.51. The van der Waals surface area contributed by atoms with Gasteiger partial charge in [-0.2, -0.15) is 0 Å². The van der Waals surface area contributed by atoms with Crippen LogP contribution < -0.4 is 0 Å². The fourth-order valence-corrected chi connectivity index (χ4v) is 2.51. The molecule has 1 aliphatic rings. The van der Waals surface area contributed by atoms with Gasteiger partial charge < -0.3 is 0 Å². The third kappa shape index (κ3) is 1.94. The molecule has 0 aliphatic heterocycles. The molecule has 0 fully saturated rings. The second kappa shape index (κ2) is 4.63. The summed E-state index contributed by atoms with van der Waals surface area (Å²) in [5.74, 6) is -0.553. The summed E-state index contributed by atoms with van der Waals surface area (Å²) in [4.78, 5) is 36.5. The number of hydrogen-bond donors (Lipinski definition) is 0. The molecular formula is C18H12O3. The zero-order valence-electron chi connectivity index (χ0n) is 11.5. The van der Waals surface area contributed by atoms with E-state index >= 15 is 0 Å². The van der Waals surface area contributed by atoms with Gasteiger partial charge in [0.1, 0.15) is 0 Å². The number of ketones is 3. The molecule has 1 aliphatic carbocycles. The molecule has 2 aromatic rings. The van der Waals surface area contributed by atoms with Crippen LogP contribution in [0.4, 0.5) is 0 Å². The molecule has 2 aromatic carbocycles. The molecular weight excluding hydrogens is 264 g/mol. The first-order valence-electron chi connectivity index (χ1n) is 6.54. The van der Waals surface area contributed by atoms with Crippen molar-refractivity contribution >= 4 is 23.4 Å². The number of hydrogen-bond acceptors (Lipinski definition) is 3. The standard InChI is InChI=1S/C18H12O3/c1-3-11-4-6-13-15(8-11)17(20)14-7-5-12(10(2)19)9-16(14)18(13)21/h3-9H,1H2,2H3. The number of fused-ring (bicyclic) bond motifs is 2. The molecule has 3 nitrogen and oxygen atoms in total. The third-order valence-electron chi connectivity index (χ3n) is 3.68. The van der Waals surface area contributed by atoms with Gasteiger partial charge in [0.2, 0.25) is 0 Å². The Morgan fingerprint density at radius 1 is 0.905 bits per heavy atom. The molecule has 0 aromatic heterocycles. The summed E-state index contributed by atoms with van der Waals surface area (Å²) in [7, 11) is 0. The van der Waals surface area contributed by atoms with E-state index in [9.17, 15) is 14.4 Å². The number of carbonyl (C=O) groups is 3. The van der Waals surface area contributed by atoms with Gasteiger partial charge in [0.15, 0.2) is 17.3 Å². The zero-order valence-corrected chi connectivity index (χ0v) is 11.5. The highest BCUT2D eigenvalue weighted by atomic mass is 16.1. The topological polar surface area (TPSA) is 51.2 Å². The Hall–Kier alpha value is -2.81. The smallest absolute Gasteiger partial charge is 0.194 e. The van der Waals surface area contributed by atoms with Crippen molar-refractivity contribution in [2.75, 3.05) is 0 Å². The van der Waals surface area contributed by atoms with E-state index in [1.54, 1.807) is 36.4 Å². The van der Waals surface area contributed by atoms with Gasteiger partial charge in [0.25, 0.3) is 0 Å². The van der Waals surface area contributed by atoms with Gasteiger partial charge in [-0.25, -0.2) is 0 Å². The van der Waals surface area contributed by atoms with E-state index in [-0.39, 0.29) is 17.3 Å². The highest BCUT2D eigenvalue weighted by Crippen LogP contribution is 2.29. The lowest BCUT2D eigenvalue weighted by Crippen LogP contribution is -2.21. The summed E-state index contributed by atoms with van der Waals surface area (Å²) in [6.45, 7) is 5.10. The van der Waals surface area contributed by atoms with Crippen molar-refractivity contribution in [1.82, 2.24) is 0 Å². The molecule has 3 rings (SSSR count). The van der Waals surface area contributed by atoms with Crippen LogP contribution in [0.25, 0.3) is 6.08 Å². The summed E-state index contributed by atoms with van der Waals surface area (Å²) in [5, 5.41) is 0. The number of Topliss-reactive ketones (excluding diaryl/α,β-unsaturated/α-hetero) is 1. The molecule has 0 heterocycles. The van der Waals surface area contributed by atoms with E-state index < -0.39 is 0 Å². The van der Waals surface area contributed by atoms with Crippen molar-refractivity contribution in [3.63, 3.8) is 0 Å². The second-order valence-electron chi connectivity index (χ2n) is 4.98. The molecule has 21 heavy (non-hydrogen) atoms. The van der Waals surface area contributed by atoms with Crippen molar-refractivity contribution < 1.29 is 14.4 Å². The maximum absolute atomic E-state index is 12.5. The molecule has 0 spiro atoms. The first kappa shape index (κ1) is 13.2. The lowest BCUT2D eigenvalue weighted by molar-refractivity contribution is 0.0977. The monoisotopic (exact) mass is 276 g/mol. The Bertz CT molecular complexity index is 828. The summed E-state index contributed by atoms with van der Waals surface area (Å²) < 4.78 is 0. The lowest BCUT2D eigenvalue weighted by atomic mass is 9.82. The van der Waals surface area contributed by atoms with Crippen LogP contribution in [-0.2, 0) is 0 Å². The molecule has 102 valence electrons. The molecule has 3 heteroatoms. The van der Waals surface area contributed by atoms with Gasteiger partial charge in [-0.3, -0.25) is 14.4 Å². The number of benzene rings is 2. The zero-order chi connectivity index (χ0) is 15.1. The molecule has 0 bridgehead atoms. The quantitative estimate of drug-likeness (QED) is 0.675. The first-order valence-corrected chi connectivity index (χ1v) is 6.54. The Labute approximate surface area is 121 Å². The van der Waals surface area contributed by atoms with Gasteiger partial charge in [-0.15, -0.1) is 0 Å². The molecule has 0 atom stereocenters. The summed E-state index contributed by atoms with van der Waals surface area (Å²) in [6, 6.07) is 9.68. The summed E-state index contributed by atoms with van der Waals surface area (Å²) in [6.07, 6.45) is 1.63. The predicted octanol–water partition coefficient (Wildman–Crippen LogP) is 3.31. The van der Waals surface area contributed by atoms with Gasteiger partial charge in [0.05, 0.1) is 0 Å². The van der Waals surface area contributed by atoms with Crippen molar-refractivity contribution in [3.8, 4) is 0 Å². The molecule has 0 radical (unpaired) electrons. The summed E-state index contributed by atoms with van der Waals surface area (Å²) >= 11 is 0. The van der Waals surface area contributed by atoms with Crippen LogP contribution in [0.3, 0.4) is 0 Å². The highest BCUT2D eigenvalue weighted by Gasteiger charge is 2.30. The fraction of sp³-hybridized carbons (Fsp3) is 0.0556. The Morgan fingerprint density at radius 3 is 2.05 bits per heavy atom. The fourth-order valence-electron chi connectivity index (χ4n) is 2.51. The first-order chi connectivity index (χ1) is 10.0. The predicted molar refractivity (Wildman–Crippen MR) is 79.8 cm³/mol. The molecule has 0 saturated heterocycles. The van der Waals surface area contributed by atoms with Crippen molar-refractivity contribution in [1.29, 1.82) is 0 Å². The van der Waals surface area contributed by atoms with Gasteiger partial charge in [-0.05, 0) is 36.8 Å². The summed E-state index contributed by atoms with van der Waals surface area (Å²) in [5.41, 5.74) is 2.63. The van der Waals surface area contributed by atoms with Crippen LogP contribution in [0.15, 0.2) is 43.0 Å². The van der Waals surface area contributed by atoms with Crippen molar-refractivity contribution in [2.24, 2.45) is 0 Å². The minimum atomic E-state index is -0.224. The lowest BCUT2D eigenvalue weighted by Gasteiger charge is -2.18. The van der Waals surface area contributed by atoms with E-state index in [1.807, 2.05) is 0 Å². The number of carbonyl (C=O) groups excluding carboxylic acids is 3. The Balaban J connectivity index is 2.24. The van der Waals surface area contributed by atoms with E-state index in [0.29, 0.717) is 27.8 Å². The van der Waals surface area contributed by atoms with E-state index in [2.05, 4.69) is 6.58 Å². The Morgan fingerprint density at radius 2 is 1.48 bits per heavy atom. The van der Waals surface area contributed by atoms with Gasteiger partial charge in [0, 0.05) is 27.8 Å². The van der Waals surface area contributed by atoms with Crippen LogP contribution in [0.2, 0.25) is 0 Å². The number of rotatable bonds is 2. The SMILES string of the molecule is C=Cc1ccc2c(c1)C(=O)c1ccc(C(C)=O)cc1C2=O. The second-order valence-corrected chi connectivity index (χ2v) is 4.98.